The van der Waals surface area contributed by atoms with Gasteiger partial charge in [0.1, 0.15) is 40.9 Å². The fraction of sp³-hybridized carbons (Fsp3) is 0.564. The standard InChI is InChI=1S/C39H53N7O8S/c1-20-17-39(20,34(50)53-11)45-32(48)29-15-24(18-46(29)33(49)31(38(7,8)9)44-35(51)40-21(2)37(4,5)6)54-30-16-27(28-19-55-36(43-28)41-22(3)47)42-26-14-23(52-10)12-13-25(26)30/h12-14,16,19-21,24,29,31H,15,17-18H2,1-11H3,(H,45,48)(H2,40,44,51)(H,41,43,47)/t20-,21+,24+,29-,31+,39+/m0/s1. The SMILES string of the molecule is COC(=O)[C@@]1(NC(=O)[C@@H]2C[C@@H](Oc3cc(-c4csc(NC(C)=O)n4)nc4cc(OC)ccc34)CN2C(=O)[C@@H](NC(=O)N[C@H](C)C(C)(C)C)C(C)(C)C)C[C@@H]1C. The van der Waals surface area contributed by atoms with Gasteiger partial charge in [0.05, 0.1) is 32.0 Å². The molecule has 0 spiro atoms. The molecule has 15 nitrogen and oxygen atoms in total. The number of pyridine rings is 1. The van der Waals surface area contributed by atoms with Crippen LogP contribution in [0.25, 0.3) is 22.3 Å². The number of carbonyl (C=O) groups is 5. The fourth-order valence-electron chi connectivity index (χ4n) is 6.51. The first-order valence-corrected chi connectivity index (χ1v) is 19.2. The monoisotopic (exact) mass is 779 g/mol. The van der Waals surface area contributed by atoms with E-state index in [1.807, 2.05) is 61.5 Å². The van der Waals surface area contributed by atoms with E-state index in [0.717, 1.165) is 0 Å². The van der Waals surface area contributed by atoms with E-state index in [4.69, 9.17) is 19.2 Å². The number of thiazole rings is 1. The number of carbonyl (C=O) groups excluding carboxylic acids is 5. The zero-order valence-electron chi connectivity index (χ0n) is 33.4. The number of aromatic nitrogens is 2. The summed E-state index contributed by atoms with van der Waals surface area (Å²) < 4.78 is 17.2. The summed E-state index contributed by atoms with van der Waals surface area (Å²) in [5, 5.41) is 14.3. The van der Waals surface area contributed by atoms with Gasteiger partial charge in [0.2, 0.25) is 17.7 Å². The molecule has 1 saturated carbocycles. The lowest BCUT2D eigenvalue weighted by Gasteiger charge is -2.36. The minimum atomic E-state index is -1.19. The van der Waals surface area contributed by atoms with Crippen LogP contribution in [0.1, 0.15) is 75.2 Å². The van der Waals surface area contributed by atoms with Crippen molar-refractivity contribution in [1.82, 2.24) is 30.8 Å². The Kier molecular flexibility index (Phi) is 11.7. The topological polar surface area (TPSA) is 190 Å². The summed E-state index contributed by atoms with van der Waals surface area (Å²) in [6.45, 7) is 16.7. The van der Waals surface area contributed by atoms with Gasteiger partial charge in [-0.15, -0.1) is 11.3 Å². The maximum Gasteiger partial charge on any atom is 0.331 e. The Balaban J connectivity index is 1.50. The molecule has 2 fully saturated rings. The Hall–Kier alpha value is -4.99. The lowest BCUT2D eigenvalue weighted by Crippen LogP contribution is -2.61. The first-order chi connectivity index (χ1) is 25.7. The third-order valence-electron chi connectivity index (χ3n) is 10.4. The van der Waals surface area contributed by atoms with Gasteiger partial charge in [-0.25, -0.2) is 19.6 Å². The van der Waals surface area contributed by atoms with Crippen molar-refractivity contribution in [2.45, 2.75) is 105 Å². The van der Waals surface area contributed by atoms with Gasteiger partial charge < -0.3 is 40.4 Å². The van der Waals surface area contributed by atoms with Gasteiger partial charge >= 0.3 is 12.0 Å². The first kappa shape index (κ1) is 41.2. The molecular formula is C39H53N7O8S. The molecule has 16 heteroatoms. The Morgan fingerprint density at radius 1 is 0.982 bits per heavy atom. The third-order valence-corrected chi connectivity index (χ3v) is 11.2. The molecule has 0 bridgehead atoms. The van der Waals surface area contributed by atoms with Crippen LogP contribution in [0.5, 0.6) is 11.5 Å². The molecule has 1 aromatic carbocycles. The van der Waals surface area contributed by atoms with Crippen LogP contribution in [-0.2, 0) is 23.9 Å². The summed E-state index contributed by atoms with van der Waals surface area (Å²) in [6, 6.07) is 4.33. The van der Waals surface area contributed by atoms with Crippen LogP contribution in [0.15, 0.2) is 29.6 Å². The molecule has 3 heterocycles. The number of fused-ring (bicyclic) bond motifs is 1. The van der Waals surface area contributed by atoms with Crippen LogP contribution in [-0.4, -0.2) is 95.1 Å². The Morgan fingerprint density at radius 2 is 1.67 bits per heavy atom. The average Bonchev–Trinajstić information content (AvgIpc) is 3.39. The minimum absolute atomic E-state index is 0.00462. The molecule has 55 heavy (non-hydrogen) atoms. The number of urea groups is 1. The highest BCUT2D eigenvalue weighted by molar-refractivity contribution is 7.14. The van der Waals surface area contributed by atoms with Crippen molar-refractivity contribution in [2.24, 2.45) is 16.7 Å². The van der Waals surface area contributed by atoms with Crippen molar-refractivity contribution in [3.05, 3.63) is 29.6 Å². The fourth-order valence-corrected chi connectivity index (χ4v) is 7.26. The number of nitrogens with one attached hydrogen (secondary N) is 4. The lowest BCUT2D eigenvalue weighted by atomic mass is 9.85. The van der Waals surface area contributed by atoms with Crippen LogP contribution in [0.4, 0.5) is 9.93 Å². The number of nitrogens with zero attached hydrogens (tertiary/aromatic N) is 3. The molecule has 5 amide bonds. The van der Waals surface area contributed by atoms with E-state index in [2.05, 4.69) is 26.3 Å². The Bertz CT molecular complexity index is 1970. The first-order valence-electron chi connectivity index (χ1n) is 18.3. The van der Waals surface area contributed by atoms with Crippen LogP contribution in [0, 0.1) is 16.7 Å². The van der Waals surface area contributed by atoms with E-state index in [0.29, 0.717) is 45.3 Å². The molecule has 5 rings (SSSR count). The molecule has 3 aromatic rings. The van der Waals surface area contributed by atoms with E-state index >= 15 is 0 Å². The maximum absolute atomic E-state index is 14.7. The predicted molar refractivity (Wildman–Crippen MR) is 209 cm³/mol. The van der Waals surface area contributed by atoms with Crippen LogP contribution in [0.2, 0.25) is 0 Å². The number of methoxy groups -OCH3 is 2. The van der Waals surface area contributed by atoms with Crippen LogP contribution in [0.3, 0.4) is 0 Å². The number of rotatable bonds is 11. The molecule has 2 aromatic heterocycles. The number of esters is 1. The lowest BCUT2D eigenvalue weighted by molar-refractivity contribution is -0.148. The maximum atomic E-state index is 14.7. The normalized spacial score (nSPS) is 21.9. The third kappa shape index (κ3) is 9.11. The van der Waals surface area contributed by atoms with Gasteiger partial charge in [0, 0.05) is 42.3 Å². The Labute approximate surface area is 325 Å². The van der Waals surface area contributed by atoms with Crippen LogP contribution >= 0.6 is 11.3 Å². The summed E-state index contributed by atoms with van der Waals surface area (Å²) in [6.07, 6.45) is -0.196. The summed E-state index contributed by atoms with van der Waals surface area (Å²) in [4.78, 5) is 77.5. The molecule has 4 N–H and O–H groups in total. The molecule has 2 aliphatic rings. The molecule has 1 saturated heterocycles. The molecule has 6 atom stereocenters. The quantitative estimate of drug-likeness (QED) is 0.195. The number of anilines is 1. The summed E-state index contributed by atoms with van der Waals surface area (Å²) >= 11 is 1.25. The zero-order chi connectivity index (χ0) is 40.6. The van der Waals surface area contributed by atoms with E-state index in [1.54, 1.807) is 30.7 Å². The second-order valence-electron chi connectivity index (χ2n) is 16.7. The number of benzene rings is 1. The van der Waals surface area contributed by atoms with Crippen molar-refractivity contribution in [1.29, 1.82) is 0 Å². The van der Waals surface area contributed by atoms with Gasteiger partial charge in [0.15, 0.2) is 5.13 Å². The van der Waals surface area contributed by atoms with Crippen molar-refractivity contribution in [2.75, 3.05) is 26.1 Å². The molecule has 1 aliphatic heterocycles. The van der Waals surface area contributed by atoms with Gasteiger partial charge in [-0.2, -0.15) is 0 Å². The van der Waals surface area contributed by atoms with E-state index in [9.17, 15) is 24.0 Å². The van der Waals surface area contributed by atoms with Crippen LogP contribution < -0.4 is 30.7 Å². The number of hydrogen-bond acceptors (Lipinski definition) is 11. The van der Waals surface area contributed by atoms with Crippen molar-refractivity contribution >= 4 is 57.1 Å². The highest BCUT2D eigenvalue weighted by Gasteiger charge is 2.61. The molecule has 0 unspecified atom stereocenters. The number of hydrogen-bond donors (Lipinski definition) is 4. The van der Waals surface area contributed by atoms with Crippen molar-refractivity contribution in [3.8, 4) is 22.9 Å². The molecule has 298 valence electrons. The Morgan fingerprint density at radius 3 is 2.25 bits per heavy atom. The number of amides is 5. The molecule has 1 aliphatic carbocycles. The molecule has 0 radical (unpaired) electrons. The average molecular weight is 780 g/mol. The number of ether oxygens (including phenoxy) is 3. The highest BCUT2D eigenvalue weighted by Crippen LogP contribution is 2.44. The largest absolute Gasteiger partial charge is 0.497 e. The number of likely N-dealkylation sites (tertiary alicyclic amines) is 1. The van der Waals surface area contributed by atoms with Gasteiger partial charge in [0.25, 0.3) is 0 Å². The second-order valence-corrected chi connectivity index (χ2v) is 17.5. The summed E-state index contributed by atoms with van der Waals surface area (Å²) in [7, 11) is 2.83. The zero-order valence-corrected chi connectivity index (χ0v) is 34.2. The van der Waals surface area contributed by atoms with E-state index in [1.165, 1.54) is 30.3 Å². The highest BCUT2D eigenvalue weighted by atomic mass is 32.1. The van der Waals surface area contributed by atoms with Crippen molar-refractivity contribution < 1.29 is 38.2 Å². The van der Waals surface area contributed by atoms with Gasteiger partial charge in [-0.05, 0) is 42.2 Å². The second kappa shape index (κ2) is 15.6. The van der Waals surface area contributed by atoms with E-state index in [-0.39, 0.29) is 36.2 Å². The van der Waals surface area contributed by atoms with Crippen molar-refractivity contribution in [3.63, 3.8) is 0 Å². The van der Waals surface area contributed by atoms with Gasteiger partial charge in [-0.3, -0.25) is 14.4 Å². The predicted octanol–water partition coefficient (Wildman–Crippen LogP) is 4.89. The van der Waals surface area contributed by atoms with E-state index < -0.39 is 53.0 Å². The summed E-state index contributed by atoms with van der Waals surface area (Å²) in [5.41, 5.74) is -0.643. The minimum Gasteiger partial charge on any atom is -0.497 e. The van der Waals surface area contributed by atoms with Gasteiger partial charge in [-0.1, -0.05) is 48.5 Å². The molecular weight excluding hydrogens is 727 g/mol. The summed E-state index contributed by atoms with van der Waals surface area (Å²) in [5.74, 6) is -0.946. The smallest absolute Gasteiger partial charge is 0.331 e.